The van der Waals surface area contributed by atoms with Gasteiger partial charge in [0, 0.05) is 25.4 Å². The first-order valence-corrected chi connectivity index (χ1v) is 4.37. The van der Waals surface area contributed by atoms with Crippen LogP contribution in [0, 0.1) is 13.0 Å². The van der Waals surface area contributed by atoms with E-state index in [1.54, 1.807) is 6.20 Å². The third kappa shape index (κ3) is 1.97. The van der Waals surface area contributed by atoms with Gasteiger partial charge in [-0.3, -0.25) is 0 Å². The number of pyridine rings is 1. The van der Waals surface area contributed by atoms with Crippen LogP contribution in [-0.4, -0.2) is 18.1 Å². The van der Waals surface area contributed by atoms with Crippen LogP contribution >= 0.6 is 0 Å². The molecule has 0 bridgehead atoms. The minimum atomic E-state index is 1.01. The summed E-state index contributed by atoms with van der Waals surface area (Å²) in [5.74, 6) is 1.05. The first-order valence-electron chi connectivity index (χ1n) is 4.37. The summed E-state index contributed by atoms with van der Waals surface area (Å²) in [6, 6.07) is 5.10. The van der Waals surface area contributed by atoms with Crippen molar-refractivity contribution in [2.24, 2.45) is 0 Å². The summed E-state index contributed by atoms with van der Waals surface area (Å²) < 4.78 is 0. The van der Waals surface area contributed by atoms with Crippen LogP contribution in [0.1, 0.15) is 19.4 Å². The van der Waals surface area contributed by atoms with Gasteiger partial charge in [0.1, 0.15) is 5.82 Å². The van der Waals surface area contributed by atoms with E-state index in [-0.39, 0.29) is 0 Å². The van der Waals surface area contributed by atoms with Crippen molar-refractivity contribution in [3.63, 3.8) is 0 Å². The number of hydrogen-bond acceptors (Lipinski definition) is 2. The normalized spacial score (nSPS) is 9.92. The summed E-state index contributed by atoms with van der Waals surface area (Å²) in [6.07, 6.45) is 1.74. The molecule has 1 radical (unpaired) electrons. The Labute approximate surface area is 74.2 Å². The lowest BCUT2D eigenvalue weighted by atomic mass is 10.3. The number of nitrogens with zero attached hydrogens (tertiary/aromatic N) is 2. The highest BCUT2D eigenvalue weighted by atomic mass is 15.2. The molecule has 0 aliphatic rings. The van der Waals surface area contributed by atoms with Gasteiger partial charge in [0.05, 0.1) is 0 Å². The third-order valence-corrected chi connectivity index (χ3v) is 1.92. The summed E-state index contributed by atoms with van der Waals surface area (Å²) in [5, 5.41) is 0. The second-order valence-electron chi connectivity index (χ2n) is 2.76. The highest BCUT2D eigenvalue weighted by molar-refractivity contribution is 5.39. The van der Waals surface area contributed by atoms with Gasteiger partial charge in [-0.1, -0.05) is 0 Å². The van der Waals surface area contributed by atoms with E-state index in [1.165, 1.54) is 0 Å². The van der Waals surface area contributed by atoms with E-state index in [2.05, 4.69) is 35.9 Å². The van der Waals surface area contributed by atoms with Gasteiger partial charge >= 0.3 is 0 Å². The molecule has 0 aliphatic heterocycles. The minimum Gasteiger partial charge on any atom is -0.357 e. The summed E-state index contributed by atoms with van der Waals surface area (Å²) in [6.45, 7) is 8.32. The second-order valence-corrected chi connectivity index (χ2v) is 2.76. The van der Waals surface area contributed by atoms with Gasteiger partial charge in [-0.15, -0.1) is 0 Å². The molecule has 0 aliphatic carbocycles. The Balaban J connectivity index is 2.85. The molecular formula is C10H15N2. The van der Waals surface area contributed by atoms with Gasteiger partial charge in [-0.2, -0.15) is 0 Å². The summed E-state index contributed by atoms with van der Waals surface area (Å²) >= 11 is 0. The predicted molar refractivity (Wildman–Crippen MR) is 51.4 cm³/mol. The highest BCUT2D eigenvalue weighted by Crippen LogP contribution is 2.10. The highest BCUT2D eigenvalue weighted by Gasteiger charge is 2.01. The summed E-state index contributed by atoms with van der Waals surface area (Å²) in [7, 11) is 0. The van der Waals surface area contributed by atoms with Crippen LogP contribution in [0.25, 0.3) is 0 Å². The van der Waals surface area contributed by atoms with Crippen LogP contribution in [-0.2, 0) is 0 Å². The molecule has 1 aromatic heterocycles. The molecule has 1 heterocycles. The minimum absolute atomic E-state index is 1.01. The average Bonchev–Trinajstić information content (AvgIpc) is 2.07. The Morgan fingerprint density at radius 1 is 1.42 bits per heavy atom. The van der Waals surface area contributed by atoms with Gasteiger partial charge in [0.15, 0.2) is 0 Å². The standard InChI is InChI=1S/C10H15N2/c1-4-12(5-2)10-8-9(3)6-7-11-10/h7-8H,4-5H2,1-3H3. The van der Waals surface area contributed by atoms with Crippen molar-refractivity contribution in [2.45, 2.75) is 20.8 Å². The maximum atomic E-state index is 4.25. The largest absolute Gasteiger partial charge is 0.357 e. The van der Waals surface area contributed by atoms with E-state index in [1.807, 2.05) is 6.92 Å². The fourth-order valence-electron chi connectivity index (χ4n) is 1.19. The van der Waals surface area contributed by atoms with E-state index < -0.39 is 0 Å². The number of aromatic nitrogens is 1. The maximum absolute atomic E-state index is 4.25. The van der Waals surface area contributed by atoms with Crippen LogP contribution in [0.15, 0.2) is 12.3 Å². The van der Waals surface area contributed by atoms with Crippen molar-refractivity contribution < 1.29 is 0 Å². The van der Waals surface area contributed by atoms with Crippen LogP contribution in [0.2, 0.25) is 0 Å². The number of rotatable bonds is 3. The van der Waals surface area contributed by atoms with E-state index >= 15 is 0 Å². The van der Waals surface area contributed by atoms with Crippen molar-refractivity contribution in [1.82, 2.24) is 4.98 Å². The average molecular weight is 163 g/mol. The van der Waals surface area contributed by atoms with Crippen LogP contribution in [0.4, 0.5) is 5.82 Å². The number of aryl methyl sites for hydroxylation is 1. The molecule has 0 saturated carbocycles. The Morgan fingerprint density at radius 2 is 2.08 bits per heavy atom. The zero-order chi connectivity index (χ0) is 8.97. The van der Waals surface area contributed by atoms with E-state index in [0.717, 1.165) is 24.5 Å². The van der Waals surface area contributed by atoms with Crippen LogP contribution in [0.3, 0.4) is 0 Å². The first-order chi connectivity index (χ1) is 5.77. The molecule has 12 heavy (non-hydrogen) atoms. The van der Waals surface area contributed by atoms with Crippen molar-refractivity contribution in [3.8, 4) is 0 Å². The molecule has 0 saturated heterocycles. The monoisotopic (exact) mass is 163 g/mol. The van der Waals surface area contributed by atoms with Crippen LogP contribution in [0.5, 0.6) is 0 Å². The predicted octanol–water partition coefficient (Wildman–Crippen LogP) is 2.04. The number of hydrogen-bond donors (Lipinski definition) is 0. The zero-order valence-corrected chi connectivity index (χ0v) is 7.96. The molecule has 2 heteroatoms. The fourth-order valence-corrected chi connectivity index (χ4v) is 1.19. The lowest BCUT2D eigenvalue weighted by Gasteiger charge is -2.19. The van der Waals surface area contributed by atoms with Gasteiger partial charge < -0.3 is 4.90 Å². The lowest BCUT2D eigenvalue weighted by Crippen LogP contribution is -2.22. The zero-order valence-electron chi connectivity index (χ0n) is 7.96. The molecule has 65 valence electrons. The van der Waals surface area contributed by atoms with Crippen LogP contribution < -0.4 is 4.90 Å². The third-order valence-electron chi connectivity index (χ3n) is 1.92. The molecule has 1 rings (SSSR count). The Morgan fingerprint density at radius 3 is 2.58 bits per heavy atom. The van der Waals surface area contributed by atoms with Crippen molar-refractivity contribution >= 4 is 5.82 Å². The van der Waals surface area contributed by atoms with Crippen molar-refractivity contribution in [1.29, 1.82) is 0 Å². The first kappa shape index (κ1) is 9.04. The molecular weight excluding hydrogens is 148 g/mol. The number of anilines is 1. The van der Waals surface area contributed by atoms with E-state index in [9.17, 15) is 0 Å². The van der Waals surface area contributed by atoms with Gasteiger partial charge in [0.25, 0.3) is 0 Å². The summed E-state index contributed by atoms with van der Waals surface area (Å²) in [4.78, 5) is 6.48. The topological polar surface area (TPSA) is 16.1 Å². The van der Waals surface area contributed by atoms with Gasteiger partial charge in [-0.05, 0) is 32.4 Å². The van der Waals surface area contributed by atoms with Crippen molar-refractivity contribution in [2.75, 3.05) is 18.0 Å². The fraction of sp³-hybridized carbons (Fsp3) is 0.500. The molecule has 0 unspecified atom stereocenters. The molecule has 0 N–H and O–H groups in total. The second kappa shape index (κ2) is 4.10. The maximum Gasteiger partial charge on any atom is 0.128 e. The Hall–Kier alpha value is -1.05. The van der Waals surface area contributed by atoms with Gasteiger partial charge in [0.2, 0.25) is 0 Å². The molecule has 0 amide bonds. The van der Waals surface area contributed by atoms with Gasteiger partial charge in [-0.25, -0.2) is 4.98 Å². The molecule has 2 nitrogen and oxygen atoms in total. The lowest BCUT2D eigenvalue weighted by molar-refractivity contribution is 0.845. The quantitative estimate of drug-likeness (QED) is 0.678. The molecule has 1 aromatic rings. The Bertz CT molecular complexity index is 241. The van der Waals surface area contributed by atoms with E-state index in [0.29, 0.717) is 0 Å². The Kier molecular flexibility index (Phi) is 3.09. The smallest absolute Gasteiger partial charge is 0.128 e. The summed E-state index contributed by atoms with van der Waals surface area (Å²) in [5.41, 5.74) is 1.15. The molecule has 0 aromatic carbocycles. The molecule has 0 atom stereocenters. The van der Waals surface area contributed by atoms with Crippen molar-refractivity contribution in [3.05, 3.63) is 23.9 Å². The van der Waals surface area contributed by atoms with E-state index in [4.69, 9.17) is 0 Å². The molecule has 0 spiro atoms. The molecule has 0 fully saturated rings. The SMILES string of the molecule is CCN(CC)c1cc(C)[c]cn1.